The molecule has 132 valence electrons. The van der Waals surface area contributed by atoms with Crippen molar-refractivity contribution in [3.8, 4) is 17.0 Å². The molecule has 0 aliphatic heterocycles. The van der Waals surface area contributed by atoms with Gasteiger partial charge in [0.2, 0.25) is 0 Å². The van der Waals surface area contributed by atoms with Gasteiger partial charge < -0.3 is 9.72 Å². The Labute approximate surface area is 154 Å². The van der Waals surface area contributed by atoms with Crippen LogP contribution in [0, 0.1) is 0 Å². The van der Waals surface area contributed by atoms with Gasteiger partial charge in [-0.25, -0.2) is 14.6 Å². The summed E-state index contributed by atoms with van der Waals surface area (Å²) in [5.41, 5.74) is 5.31. The molecule has 0 unspecified atom stereocenters. The molecule has 1 aromatic carbocycles. The van der Waals surface area contributed by atoms with Crippen molar-refractivity contribution in [2.24, 2.45) is 0 Å². The number of aromatic nitrogens is 6. The summed E-state index contributed by atoms with van der Waals surface area (Å²) >= 11 is 0. The van der Waals surface area contributed by atoms with E-state index >= 15 is 0 Å². The normalized spacial score (nSPS) is 11.3. The molecule has 27 heavy (non-hydrogen) atoms. The van der Waals surface area contributed by atoms with Crippen LogP contribution in [0.3, 0.4) is 0 Å². The number of H-pyrrole nitrogens is 1. The van der Waals surface area contributed by atoms with Crippen LogP contribution < -0.4 is 4.74 Å². The van der Waals surface area contributed by atoms with Crippen LogP contribution in [0.1, 0.15) is 5.56 Å². The van der Waals surface area contributed by atoms with Crippen molar-refractivity contribution >= 4 is 22.2 Å². The monoisotopic (exact) mass is 356 g/mol. The molecule has 0 aliphatic rings. The van der Waals surface area contributed by atoms with E-state index in [9.17, 15) is 0 Å². The molecule has 7 heteroatoms. The maximum Gasteiger partial charge on any atom is 0.179 e. The second kappa shape index (κ2) is 6.21. The number of hydrogen-bond acceptors (Lipinski definition) is 5. The molecule has 0 saturated heterocycles. The van der Waals surface area contributed by atoms with Gasteiger partial charge in [0.15, 0.2) is 5.65 Å². The first-order valence-corrected chi connectivity index (χ1v) is 8.57. The smallest absolute Gasteiger partial charge is 0.179 e. The fourth-order valence-corrected chi connectivity index (χ4v) is 3.21. The van der Waals surface area contributed by atoms with Crippen LogP contribution in [0.5, 0.6) is 5.75 Å². The number of fused-ring (bicyclic) bond motifs is 2. The van der Waals surface area contributed by atoms with Crippen molar-refractivity contribution in [3.63, 3.8) is 0 Å². The Morgan fingerprint density at radius 1 is 1.11 bits per heavy atom. The number of hydrogen-bond donors (Lipinski definition) is 1. The van der Waals surface area contributed by atoms with Gasteiger partial charge >= 0.3 is 0 Å². The third-order valence-electron chi connectivity index (χ3n) is 4.58. The van der Waals surface area contributed by atoms with Crippen LogP contribution in [-0.4, -0.2) is 37.1 Å². The first-order valence-electron chi connectivity index (χ1n) is 8.57. The van der Waals surface area contributed by atoms with Crippen LogP contribution in [0.4, 0.5) is 0 Å². The number of rotatable bonds is 4. The number of benzene rings is 1. The lowest BCUT2D eigenvalue weighted by Gasteiger charge is -2.05. The maximum absolute atomic E-state index is 5.32. The Morgan fingerprint density at radius 3 is 3.00 bits per heavy atom. The molecular weight excluding hydrogens is 340 g/mol. The number of nitrogens with zero attached hydrogens (tertiary/aromatic N) is 5. The van der Waals surface area contributed by atoms with Gasteiger partial charge in [0, 0.05) is 28.9 Å². The summed E-state index contributed by atoms with van der Waals surface area (Å²) in [5, 5.41) is 9.61. The number of pyridine rings is 2. The standard InChI is InChI=1S/C20H16N6O/c1-27-15-5-2-4-13(10-15)17-7-8-18-20(23-17)26(25-24-18)12-14-11-22-19-16(14)6-3-9-21-19/h2-11H,12H2,1H3,(H,21,22). The van der Waals surface area contributed by atoms with Crippen molar-refractivity contribution in [3.05, 3.63) is 66.5 Å². The van der Waals surface area contributed by atoms with Crippen LogP contribution in [-0.2, 0) is 6.54 Å². The third kappa shape index (κ3) is 2.69. The first kappa shape index (κ1) is 15.5. The lowest BCUT2D eigenvalue weighted by Crippen LogP contribution is -2.03. The molecular formula is C20H16N6O. The van der Waals surface area contributed by atoms with Gasteiger partial charge in [-0.05, 0) is 36.4 Å². The fraction of sp³-hybridized carbons (Fsp3) is 0.100. The molecule has 0 atom stereocenters. The van der Waals surface area contributed by atoms with Gasteiger partial charge in [0.1, 0.15) is 16.9 Å². The Bertz CT molecular complexity index is 1260. The van der Waals surface area contributed by atoms with Crippen LogP contribution in [0.15, 0.2) is 60.9 Å². The summed E-state index contributed by atoms with van der Waals surface area (Å²) in [6.07, 6.45) is 3.73. The quantitative estimate of drug-likeness (QED) is 0.533. The van der Waals surface area contributed by atoms with E-state index in [1.165, 1.54) is 0 Å². The molecule has 1 N–H and O–H groups in total. The second-order valence-corrected chi connectivity index (χ2v) is 6.23. The van der Waals surface area contributed by atoms with Crippen molar-refractivity contribution in [1.82, 2.24) is 29.9 Å². The van der Waals surface area contributed by atoms with E-state index in [-0.39, 0.29) is 0 Å². The summed E-state index contributed by atoms with van der Waals surface area (Å²) in [5.74, 6) is 0.798. The summed E-state index contributed by atoms with van der Waals surface area (Å²) in [4.78, 5) is 12.3. The van der Waals surface area contributed by atoms with Crippen molar-refractivity contribution in [2.75, 3.05) is 7.11 Å². The molecule has 4 aromatic heterocycles. The summed E-state index contributed by atoms with van der Waals surface area (Å²) in [6.45, 7) is 0.566. The molecule has 0 spiro atoms. The van der Waals surface area contributed by atoms with Crippen molar-refractivity contribution in [1.29, 1.82) is 0 Å². The highest BCUT2D eigenvalue weighted by Gasteiger charge is 2.12. The molecule has 0 amide bonds. The van der Waals surface area contributed by atoms with Gasteiger partial charge in [-0.2, -0.15) is 0 Å². The molecule has 5 rings (SSSR count). The highest BCUT2D eigenvalue weighted by molar-refractivity contribution is 5.80. The summed E-state index contributed by atoms with van der Waals surface area (Å²) in [7, 11) is 1.66. The van der Waals surface area contributed by atoms with Gasteiger partial charge in [0.05, 0.1) is 19.3 Å². The minimum Gasteiger partial charge on any atom is -0.497 e. The average molecular weight is 356 g/mol. The van der Waals surface area contributed by atoms with Gasteiger partial charge in [-0.1, -0.05) is 17.3 Å². The molecule has 0 saturated carbocycles. The van der Waals surface area contributed by atoms with E-state index in [0.717, 1.165) is 44.8 Å². The lowest BCUT2D eigenvalue weighted by atomic mass is 10.1. The predicted octanol–water partition coefficient (Wildman–Crippen LogP) is 3.43. The van der Waals surface area contributed by atoms with E-state index in [1.54, 1.807) is 13.3 Å². The Kier molecular flexibility index (Phi) is 3.57. The lowest BCUT2D eigenvalue weighted by molar-refractivity contribution is 0.415. The third-order valence-corrected chi connectivity index (χ3v) is 4.58. The number of ether oxygens (including phenoxy) is 1. The molecule has 0 radical (unpaired) electrons. The Morgan fingerprint density at radius 2 is 2.07 bits per heavy atom. The van der Waals surface area contributed by atoms with Gasteiger partial charge in [0.25, 0.3) is 0 Å². The van der Waals surface area contributed by atoms with Crippen LogP contribution in [0.25, 0.3) is 33.5 Å². The largest absolute Gasteiger partial charge is 0.497 e. The van der Waals surface area contributed by atoms with Crippen LogP contribution in [0.2, 0.25) is 0 Å². The van der Waals surface area contributed by atoms with E-state index in [2.05, 4.69) is 20.3 Å². The van der Waals surface area contributed by atoms with Crippen LogP contribution >= 0.6 is 0 Å². The predicted molar refractivity (Wildman–Crippen MR) is 103 cm³/mol. The van der Waals surface area contributed by atoms with Gasteiger partial charge in [-0.15, -0.1) is 5.10 Å². The number of methoxy groups -OCH3 is 1. The summed E-state index contributed by atoms with van der Waals surface area (Å²) in [6, 6.07) is 15.7. The van der Waals surface area contributed by atoms with E-state index in [1.807, 2.05) is 59.4 Å². The zero-order valence-electron chi connectivity index (χ0n) is 14.6. The average Bonchev–Trinajstić information content (AvgIpc) is 3.32. The molecule has 7 nitrogen and oxygen atoms in total. The second-order valence-electron chi connectivity index (χ2n) is 6.23. The van der Waals surface area contributed by atoms with Crippen molar-refractivity contribution < 1.29 is 4.74 Å². The molecule has 0 aliphatic carbocycles. The highest BCUT2D eigenvalue weighted by Crippen LogP contribution is 2.24. The molecule has 0 fully saturated rings. The number of aromatic amines is 1. The minimum atomic E-state index is 0.566. The zero-order valence-corrected chi connectivity index (χ0v) is 14.6. The van der Waals surface area contributed by atoms with E-state index in [0.29, 0.717) is 6.54 Å². The molecule has 4 heterocycles. The zero-order chi connectivity index (χ0) is 18.2. The SMILES string of the molecule is COc1cccc(-c2ccc3nnn(Cc4c[nH]c5ncccc45)c3n2)c1. The van der Waals surface area contributed by atoms with Crippen molar-refractivity contribution in [2.45, 2.75) is 6.54 Å². The maximum atomic E-state index is 5.32. The van der Waals surface area contributed by atoms with E-state index in [4.69, 9.17) is 9.72 Å². The molecule has 0 bridgehead atoms. The molecule has 5 aromatic rings. The fourth-order valence-electron chi connectivity index (χ4n) is 3.21. The summed E-state index contributed by atoms with van der Waals surface area (Å²) < 4.78 is 7.13. The van der Waals surface area contributed by atoms with Gasteiger partial charge in [-0.3, -0.25) is 0 Å². The highest BCUT2D eigenvalue weighted by atomic mass is 16.5. The van der Waals surface area contributed by atoms with E-state index < -0.39 is 0 Å². The Balaban J connectivity index is 1.57. The minimum absolute atomic E-state index is 0.566. The Hall–Kier alpha value is -3.74. The topological polar surface area (TPSA) is 81.5 Å². The number of nitrogens with one attached hydrogen (secondary N) is 1. The first-order chi connectivity index (χ1) is 13.3.